The summed E-state index contributed by atoms with van der Waals surface area (Å²) in [6.45, 7) is 5.12. The first-order valence-electron chi connectivity index (χ1n) is 14.3. The summed E-state index contributed by atoms with van der Waals surface area (Å²) in [6, 6.07) is 15.5. The molecule has 1 N–H and O–H groups in total. The zero-order chi connectivity index (χ0) is 29.4. The third-order valence-corrected chi connectivity index (χ3v) is 10.1. The van der Waals surface area contributed by atoms with Gasteiger partial charge in [0.05, 0.1) is 16.3 Å². The number of benzene rings is 2. The van der Waals surface area contributed by atoms with Crippen molar-refractivity contribution in [1.29, 1.82) is 0 Å². The predicted molar refractivity (Wildman–Crippen MR) is 163 cm³/mol. The number of imidazole rings is 1. The average Bonchev–Trinajstić information content (AvgIpc) is 3.31. The summed E-state index contributed by atoms with van der Waals surface area (Å²) in [4.78, 5) is 44.1. The lowest BCUT2D eigenvalue weighted by Gasteiger charge is -2.41. The van der Waals surface area contributed by atoms with Crippen LogP contribution in [0.3, 0.4) is 0 Å². The van der Waals surface area contributed by atoms with E-state index in [4.69, 9.17) is 0 Å². The summed E-state index contributed by atoms with van der Waals surface area (Å²) in [6.07, 6.45) is 6.12. The quantitative estimate of drug-likeness (QED) is 0.364. The maximum atomic E-state index is 13.3. The van der Waals surface area contributed by atoms with Crippen molar-refractivity contribution in [1.82, 2.24) is 24.4 Å². The lowest BCUT2D eigenvalue weighted by atomic mass is 10.0. The van der Waals surface area contributed by atoms with Crippen molar-refractivity contribution in [2.24, 2.45) is 0 Å². The van der Waals surface area contributed by atoms with E-state index in [1.165, 1.54) is 10.8 Å². The number of carbonyl (C=O) groups excluding carboxylic acids is 1. The lowest BCUT2D eigenvalue weighted by molar-refractivity contribution is -0.134. The van der Waals surface area contributed by atoms with E-state index in [-0.39, 0.29) is 29.4 Å². The van der Waals surface area contributed by atoms with Gasteiger partial charge in [-0.15, -0.1) is 0 Å². The number of rotatable bonds is 6. The molecule has 220 valence electrons. The Balaban J connectivity index is 1.13. The fourth-order valence-electron chi connectivity index (χ4n) is 6.14. The summed E-state index contributed by atoms with van der Waals surface area (Å²) in [7, 11) is -3.03. The molecule has 2 aliphatic rings. The third kappa shape index (κ3) is 5.50. The van der Waals surface area contributed by atoms with Crippen LogP contribution in [0.4, 0.5) is 11.6 Å². The molecule has 2 aliphatic heterocycles. The van der Waals surface area contributed by atoms with Gasteiger partial charge in [0.1, 0.15) is 16.4 Å². The Morgan fingerprint density at radius 3 is 2.36 bits per heavy atom. The van der Waals surface area contributed by atoms with Crippen LogP contribution in [-0.2, 0) is 21.2 Å². The van der Waals surface area contributed by atoms with Crippen molar-refractivity contribution < 1.29 is 13.2 Å². The first-order valence-corrected chi connectivity index (χ1v) is 16.2. The van der Waals surface area contributed by atoms with Gasteiger partial charge in [-0.05, 0) is 38.0 Å². The number of H-pyrrole nitrogens is 1. The highest BCUT2D eigenvalue weighted by atomic mass is 32.2. The molecule has 0 radical (unpaired) electrons. The van der Waals surface area contributed by atoms with Gasteiger partial charge in [0.25, 0.3) is 0 Å². The molecule has 0 saturated carbocycles. The normalized spacial score (nSPS) is 18.5. The number of piperidine rings is 1. The van der Waals surface area contributed by atoms with Crippen LogP contribution in [0.5, 0.6) is 0 Å². The molecule has 4 heterocycles. The average molecular weight is 590 g/mol. The number of hydrogen-bond acceptors (Lipinski definition) is 8. The zero-order valence-corrected chi connectivity index (χ0v) is 24.6. The van der Waals surface area contributed by atoms with Crippen molar-refractivity contribution in [3.63, 3.8) is 0 Å². The Labute approximate surface area is 244 Å². The zero-order valence-electron chi connectivity index (χ0n) is 23.8. The summed E-state index contributed by atoms with van der Waals surface area (Å²) in [5, 5.41) is -0.297. The van der Waals surface area contributed by atoms with Gasteiger partial charge in [-0.25, -0.2) is 23.2 Å². The van der Waals surface area contributed by atoms with Crippen molar-refractivity contribution in [3.8, 4) is 11.1 Å². The van der Waals surface area contributed by atoms with Gasteiger partial charge in [0.2, 0.25) is 11.9 Å². The van der Waals surface area contributed by atoms with Gasteiger partial charge in [0.15, 0.2) is 0 Å². The van der Waals surface area contributed by atoms with Gasteiger partial charge in [-0.1, -0.05) is 30.3 Å². The number of sulfone groups is 1. The predicted octanol–water partition coefficient (Wildman–Crippen LogP) is 2.54. The van der Waals surface area contributed by atoms with Gasteiger partial charge in [-0.2, -0.15) is 0 Å². The second kappa shape index (κ2) is 11.2. The number of carbonyl (C=O) groups is 1. The third-order valence-electron chi connectivity index (χ3n) is 8.45. The first kappa shape index (κ1) is 28.0. The molecule has 12 heteroatoms. The Morgan fingerprint density at radius 2 is 1.64 bits per heavy atom. The molecule has 0 spiro atoms. The van der Waals surface area contributed by atoms with E-state index < -0.39 is 9.84 Å². The standard InChI is InChI=1S/C30H35N7O4S/c1-21-19-35(15-16-36(21)28(38)20-37-27-10-6-4-8-25(27)33-30(37)39)26-9-5-3-7-24(26)22-17-31-29(32-18-22)34-13-11-23(12-14-34)42(2,40)41/h3-10,17-18,21,23H,11-16,19-20H2,1-2H3,(H,33,39). The fourth-order valence-corrected chi connectivity index (χ4v) is 7.20. The topological polar surface area (TPSA) is 124 Å². The maximum absolute atomic E-state index is 13.3. The SMILES string of the molecule is CC1CN(c2ccccc2-c2cnc(N3CCC(S(C)(=O)=O)CC3)nc2)CCN1C(=O)Cn1c(=O)[nH]c2ccccc21. The van der Waals surface area contributed by atoms with E-state index in [9.17, 15) is 18.0 Å². The van der Waals surface area contributed by atoms with E-state index in [0.717, 1.165) is 27.8 Å². The van der Waals surface area contributed by atoms with E-state index in [1.807, 2.05) is 65.5 Å². The number of hydrogen-bond donors (Lipinski definition) is 1. The summed E-state index contributed by atoms with van der Waals surface area (Å²) < 4.78 is 25.3. The smallest absolute Gasteiger partial charge is 0.326 e. The van der Waals surface area contributed by atoms with Crippen molar-refractivity contribution >= 4 is 38.4 Å². The Bertz CT molecular complexity index is 1760. The number of fused-ring (bicyclic) bond motifs is 1. The number of aromatic amines is 1. The second-order valence-electron chi connectivity index (χ2n) is 11.2. The van der Waals surface area contributed by atoms with Gasteiger partial charge in [-0.3, -0.25) is 9.36 Å². The van der Waals surface area contributed by atoms with Crippen LogP contribution in [0.25, 0.3) is 22.2 Å². The molecule has 0 aliphatic carbocycles. The molecule has 1 atom stereocenters. The Kier molecular flexibility index (Phi) is 7.48. The van der Waals surface area contributed by atoms with Crippen molar-refractivity contribution in [3.05, 3.63) is 71.4 Å². The van der Waals surface area contributed by atoms with Crippen LogP contribution >= 0.6 is 0 Å². The molecular weight excluding hydrogens is 554 g/mol. The molecule has 2 aromatic carbocycles. The molecule has 2 fully saturated rings. The van der Waals surface area contributed by atoms with Crippen LogP contribution < -0.4 is 15.5 Å². The van der Waals surface area contributed by atoms with Gasteiger partial charge >= 0.3 is 5.69 Å². The highest BCUT2D eigenvalue weighted by Gasteiger charge is 2.30. The van der Waals surface area contributed by atoms with E-state index in [2.05, 4.69) is 32.0 Å². The molecule has 6 rings (SSSR count). The van der Waals surface area contributed by atoms with E-state index in [1.54, 1.807) is 0 Å². The van der Waals surface area contributed by atoms with Crippen LogP contribution in [0, 0.1) is 0 Å². The maximum Gasteiger partial charge on any atom is 0.326 e. The summed E-state index contributed by atoms with van der Waals surface area (Å²) in [5.41, 5.74) is 4.12. The van der Waals surface area contributed by atoms with Crippen molar-refractivity contribution in [2.75, 3.05) is 48.8 Å². The number of nitrogens with zero attached hydrogens (tertiary/aromatic N) is 6. The molecule has 1 unspecified atom stereocenters. The van der Waals surface area contributed by atoms with Crippen molar-refractivity contribution in [2.45, 2.75) is 37.6 Å². The van der Waals surface area contributed by atoms with Crippen LogP contribution in [0.1, 0.15) is 19.8 Å². The Morgan fingerprint density at radius 1 is 0.952 bits per heavy atom. The molecular formula is C30H35N7O4S. The monoisotopic (exact) mass is 589 g/mol. The number of nitrogens with one attached hydrogen (secondary N) is 1. The largest absolute Gasteiger partial charge is 0.367 e. The number of para-hydroxylation sites is 3. The van der Waals surface area contributed by atoms with Crippen LogP contribution in [0.15, 0.2) is 65.7 Å². The fraction of sp³-hybridized carbons (Fsp3) is 0.400. The van der Waals surface area contributed by atoms with E-state index in [0.29, 0.717) is 51.5 Å². The second-order valence-corrected chi connectivity index (χ2v) is 13.5. The molecule has 1 amide bonds. The summed E-state index contributed by atoms with van der Waals surface area (Å²) >= 11 is 0. The van der Waals surface area contributed by atoms with Gasteiger partial charge in [0, 0.05) is 74.2 Å². The van der Waals surface area contributed by atoms with Gasteiger partial charge < -0.3 is 19.7 Å². The number of amides is 1. The number of aromatic nitrogens is 4. The minimum atomic E-state index is -3.03. The Hall–Kier alpha value is -4.19. The molecule has 42 heavy (non-hydrogen) atoms. The highest BCUT2D eigenvalue weighted by Crippen LogP contribution is 2.32. The van der Waals surface area contributed by atoms with E-state index >= 15 is 0 Å². The number of anilines is 2. The lowest BCUT2D eigenvalue weighted by Crippen LogP contribution is -2.55. The minimum Gasteiger partial charge on any atom is -0.367 e. The highest BCUT2D eigenvalue weighted by molar-refractivity contribution is 7.91. The summed E-state index contributed by atoms with van der Waals surface area (Å²) in [5.74, 6) is 0.532. The minimum absolute atomic E-state index is 0.000603. The molecule has 0 bridgehead atoms. The molecule has 2 saturated heterocycles. The molecule has 11 nitrogen and oxygen atoms in total. The van der Waals surface area contributed by atoms with Crippen LogP contribution in [-0.4, -0.2) is 89.0 Å². The van der Waals surface area contributed by atoms with Crippen LogP contribution in [0.2, 0.25) is 0 Å². The molecule has 2 aromatic heterocycles. The first-order chi connectivity index (χ1) is 20.2. The molecule has 4 aromatic rings. The number of piperazine rings is 1.